The molecule has 0 spiro atoms. The Morgan fingerprint density at radius 1 is 0.312 bits per heavy atom. The molecule has 4 nitrogen and oxygen atoms in total. The number of hydrogen-bond acceptors (Lipinski definition) is 1. The van der Waals surface area contributed by atoms with Crippen LogP contribution in [0, 0.1) is 0 Å². The Morgan fingerprint density at radius 3 is 1.33 bits per heavy atom. The van der Waals surface area contributed by atoms with Crippen LogP contribution in [-0.2, 0) is 0 Å². The molecule has 0 radical (unpaired) electrons. The van der Waals surface area contributed by atoms with Crippen molar-refractivity contribution in [1.82, 2.24) is 13.7 Å². The highest BCUT2D eigenvalue weighted by Crippen LogP contribution is 2.53. The lowest BCUT2D eigenvalue weighted by Crippen LogP contribution is -2.28. The summed E-state index contributed by atoms with van der Waals surface area (Å²) in [6.07, 6.45) is 9.17. The molecule has 0 amide bonds. The molecular weight excluding hydrogens is 777 g/mol. The van der Waals surface area contributed by atoms with E-state index in [2.05, 4.69) is 249 Å². The number of nitrogens with zero attached hydrogens (tertiary/aromatic N) is 4. The van der Waals surface area contributed by atoms with E-state index in [1.165, 1.54) is 93.5 Å². The van der Waals surface area contributed by atoms with Crippen LogP contribution >= 0.6 is 0 Å². The van der Waals surface area contributed by atoms with Gasteiger partial charge in [0.05, 0.1) is 44.8 Å². The molecule has 0 fully saturated rings. The highest BCUT2D eigenvalue weighted by Gasteiger charge is 2.40. The Morgan fingerprint density at radius 2 is 0.750 bits per heavy atom. The number of para-hydroxylation sites is 5. The molecule has 9 aromatic carbocycles. The van der Waals surface area contributed by atoms with E-state index in [4.69, 9.17) is 0 Å². The number of benzene rings is 9. The van der Waals surface area contributed by atoms with E-state index in [-0.39, 0.29) is 12.0 Å². The third kappa shape index (κ3) is 4.93. The summed E-state index contributed by atoms with van der Waals surface area (Å²) in [6, 6.07) is 76.1. The van der Waals surface area contributed by atoms with Crippen molar-refractivity contribution >= 4 is 76.8 Å². The maximum Gasteiger partial charge on any atom is 0.0788 e. The Bertz CT molecular complexity index is 3890. The summed E-state index contributed by atoms with van der Waals surface area (Å²) in [5.41, 5.74) is 17.0. The number of anilines is 2. The van der Waals surface area contributed by atoms with Crippen LogP contribution in [-0.4, -0.2) is 19.7 Å². The summed E-state index contributed by atoms with van der Waals surface area (Å²) in [5, 5.41) is 7.46. The fourth-order valence-corrected chi connectivity index (χ4v) is 11.2. The summed E-state index contributed by atoms with van der Waals surface area (Å²) < 4.78 is 7.44. The maximum atomic E-state index is 2.58. The van der Waals surface area contributed by atoms with Crippen molar-refractivity contribution in [2.45, 2.75) is 12.0 Å². The van der Waals surface area contributed by atoms with Crippen molar-refractivity contribution in [3.63, 3.8) is 0 Å². The quantitative estimate of drug-likeness (QED) is 0.169. The smallest absolute Gasteiger partial charge is 0.0788 e. The zero-order valence-corrected chi connectivity index (χ0v) is 34.9. The maximum absolute atomic E-state index is 2.58. The van der Waals surface area contributed by atoms with Crippen LogP contribution in [0.5, 0.6) is 0 Å². The molecule has 12 aromatic rings. The summed E-state index contributed by atoms with van der Waals surface area (Å²) >= 11 is 0. The lowest BCUT2D eigenvalue weighted by Gasteiger charge is -2.29. The van der Waals surface area contributed by atoms with Crippen molar-refractivity contribution in [2.24, 2.45) is 0 Å². The summed E-state index contributed by atoms with van der Waals surface area (Å²) in [6.45, 7) is 0. The van der Waals surface area contributed by atoms with Gasteiger partial charge in [0.2, 0.25) is 0 Å². The highest BCUT2D eigenvalue weighted by atomic mass is 15.2. The first kappa shape index (κ1) is 35.3. The predicted octanol–water partition coefficient (Wildman–Crippen LogP) is 15.4. The summed E-state index contributed by atoms with van der Waals surface area (Å²) in [4.78, 5) is 2.58. The molecule has 1 aliphatic heterocycles. The average molecular weight is 817 g/mol. The number of hydrogen-bond donors (Lipinski definition) is 0. The monoisotopic (exact) mass is 816 g/mol. The van der Waals surface area contributed by atoms with Gasteiger partial charge in [0, 0.05) is 61.0 Å². The van der Waals surface area contributed by atoms with Crippen LogP contribution in [0.15, 0.2) is 231 Å². The van der Waals surface area contributed by atoms with Gasteiger partial charge in [-0.3, -0.25) is 0 Å². The van der Waals surface area contributed by atoms with Gasteiger partial charge >= 0.3 is 0 Å². The van der Waals surface area contributed by atoms with E-state index >= 15 is 0 Å². The molecule has 2 unspecified atom stereocenters. The number of aromatic nitrogens is 3. The molecule has 300 valence electrons. The fourth-order valence-electron chi connectivity index (χ4n) is 11.2. The molecular formula is C60H40N4. The molecule has 0 saturated carbocycles. The first-order valence-electron chi connectivity index (χ1n) is 22.3. The van der Waals surface area contributed by atoms with E-state index in [9.17, 15) is 0 Å². The third-order valence-electron chi connectivity index (χ3n) is 13.9. The minimum absolute atomic E-state index is 0.200. The van der Waals surface area contributed by atoms with Crippen molar-refractivity contribution in [1.29, 1.82) is 0 Å². The van der Waals surface area contributed by atoms with Gasteiger partial charge in [0.1, 0.15) is 0 Å². The van der Waals surface area contributed by atoms with Crippen molar-refractivity contribution in [2.75, 3.05) is 4.90 Å². The molecule has 3 aromatic heterocycles. The highest BCUT2D eigenvalue weighted by molar-refractivity contribution is 6.24. The second kappa shape index (κ2) is 13.6. The van der Waals surface area contributed by atoms with E-state index in [1.807, 2.05) is 0 Å². The van der Waals surface area contributed by atoms with Crippen molar-refractivity contribution < 1.29 is 0 Å². The first-order valence-corrected chi connectivity index (χ1v) is 22.3. The van der Waals surface area contributed by atoms with Crippen LogP contribution in [0.25, 0.3) is 93.6 Å². The second-order valence-corrected chi connectivity index (χ2v) is 17.2. The van der Waals surface area contributed by atoms with Gasteiger partial charge in [0.25, 0.3) is 0 Å². The molecule has 4 heterocycles. The van der Waals surface area contributed by atoms with Crippen LogP contribution in [0.4, 0.5) is 11.4 Å². The molecule has 14 rings (SSSR count). The van der Waals surface area contributed by atoms with E-state index in [1.54, 1.807) is 0 Å². The van der Waals surface area contributed by atoms with Gasteiger partial charge in [-0.15, -0.1) is 0 Å². The van der Waals surface area contributed by atoms with Gasteiger partial charge in [0.15, 0.2) is 0 Å². The second-order valence-electron chi connectivity index (χ2n) is 17.2. The lowest BCUT2D eigenvalue weighted by molar-refractivity contribution is 0.745. The summed E-state index contributed by atoms with van der Waals surface area (Å²) in [5.74, 6) is 0.266. The zero-order valence-electron chi connectivity index (χ0n) is 34.9. The largest absolute Gasteiger partial charge is 0.332 e. The molecule has 2 atom stereocenters. The van der Waals surface area contributed by atoms with Crippen LogP contribution < -0.4 is 4.90 Å². The normalized spacial score (nSPS) is 15.7. The van der Waals surface area contributed by atoms with Gasteiger partial charge in [-0.1, -0.05) is 152 Å². The molecule has 64 heavy (non-hydrogen) atoms. The van der Waals surface area contributed by atoms with Crippen LogP contribution in [0.2, 0.25) is 0 Å². The van der Waals surface area contributed by atoms with Crippen LogP contribution in [0.3, 0.4) is 0 Å². The van der Waals surface area contributed by atoms with E-state index < -0.39 is 0 Å². The Balaban J connectivity index is 1.03. The zero-order chi connectivity index (χ0) is 41.9. The minimum Gasteiger partial charge on any atom is -0.332 e. The van der Waals surface area contributed by atoms with Gasteiger partial charge in [-0.05, 0) is 95.6 Å². The molecule has 1 aliphatic carbocycles. The van der Waals surface area contributed by atoms with E-state index in [0.717, 1.165) is 17.1 Å². The fraction of sp³-hybridized carbons (Fsp3) is 0.0333. The van der Waals surface area contributed by atoms with Crippen LogP contribution in [0.1, 0.15) is 11.5 Å². The Kier molecular flexibility index (Phi) is 7.48. The molecule has 4 heteroatoms. The molecule has 2 aliphatic rings. The molecule has 0 N–H and O–H groups in total. The van der Waals surface area contributed by atoms with Gasteiger partial charge < -0.3 is 18.6 Å². The van der Waals surface area contributed by atoms with Gasteiger partial charge in [-0.2, -0.15) is 0 Å². The van der Waals surface area contributed by atoms with E-state index in [0.29, 0.717) is 0 Å². The predicted molar refractivity (Wildman–Crippen MR) is 268 cm³/mol. The molecule has 0 bridgehead atoms. The standard InChI is InChI=1S/C60H40N4/c1-5-17-41(18-6-1)61-53-27-15-13-25-45(53)47-31-33-49-51-37-39(29-35-55(51)63(59(49)57(47)61)43-21-9-3-10-22-43)40-30-36-56-52(38-40)50-34-32-48-46-26-14-16-28-54(46)62(42-19-7-2-8-20-42)58(48)60(50)64(56)44-23-11-4-12-24-44/h1-38,45,53H. The minimum atomic E-state index is 0.200. The Hall–Kier alpha value is -8.34. The Labute approximate surface area is 370 Å². The van der Waals surface area contributed by atoms with Gasteiger partial charge in [-0.25, -0.2) is 0 Å². The SMILES string of the molecule is C1=CC2c3ccc4c5cc(-c6ccc7c(c6)c6ccc8c9ccccc9n(-c9ccccc9)c8c6n7-c6ccccc6)ccc5n(-c5ccccc5)c4c3N(c3ccccc3)C2C=C1. The average Bonchev–Trinajstić information content (AvgIpc) is 4.10. The molecule has 0 saturated heterocycles. The number of allylic oxidation sites excluding steroid dienone is 2. The topological polar surface area (TPSA) is 18.0 Å². The third-order valence-corrected chi connectivity index (χ3v) is 13.9. The first-order chi connectivity index (χ1) is 31.8. The number of fused-ring (bicyclic) bond motifs is 14. The van der Waals surface area contributed by atoms with Crippen molar-refractivity contribution in [3.8, 4) is 28.2 Å². The number of rotatable bonds is 5. The van der Waals surface area contributed by atoms with Crippen molar-refractivity contribution in [3.05, 3.63) is 236 Å². The lowest BCUT2D eigenvalue weighted by atomic mass is 9.91. The summed E-state index contributed by atoms with van der Waals surface area (Å²) in [7, 11) is 0.